The molecule has 0 fully saturated rings. The Hall–Kier alpha value is -2.21. The summed E-state index contributed by atoms with van der Waals surface area (Å²) in [4.78, 5) is 21.9. The highest BCUT2D eigenvalue weighted by atomic mass is 16.5. The van der Waals surface area contributed by atoms with Gasteiger partial charge in [-0.3, -0.25) is 9.78 Å². The van der Waals surface area contributed by atoms with Crippen molar-refractivity contribution >= 4 is 5.91 Å². The van der Waals surface area contributed by atoms with E-state index in [9.17, 15) is 4.79 Å². The summed E-state index contributed by atoms with van der Waals surface area (Å²) in [6.07, 6.45) is 5.37. The summed E-state index contributed by atoms with van der Waals surface area (Å²) in [6.45, 7) is 6.18. The zero-order chi connectivity index (χ0) is 15.5. The number of fused-ring (bicyclic) bond motifs is 1. The average Bonchev–Trinajstić information content (AvgIpc) is 2.92. The second-order valence-corrected chi connectivity index (χ2v) is 5.50. The van der Waals surface area contributed by atoms with Crippen molar-refractivity contribution in [3.8, 4) is 0 Å². The molecule has 2 aromatic rings. The minimum Gasteiger partial charge on any atom is -0.370 e. The fourth-order valence-electron chi connectivity index (χ4n) is 2.86. The molecular formula is C16H20N4O2. The molecule has 116 valence electrons. The molecular weight excluding hydrogens is 280 g/mol. The number of carbonyl (C=O) groups is 1. The fourth-order valence-corrected chi connectivity index (χ4v) is 2.86. The number of ether oxygens (including phenoxy) is 1. The van der Waals surface area contributed by atoms with Crippen LogP contribution in [0.5, 0.6) is 0 Å². The van der Waals surface area contributed by atoms with E-state index in [4.69, 9.17) is 4.74 Å². The lowest BCUT2D eigenvalue weighted by molar-refractivity contribution is -0.132. The van der Waals surface area contributed by atoms with E-state index in [2.05, 4.69) is 14.5 Å². The van der Waals surface area contributed by atoms with Crippen LogP contribution in [0.1, 0.15) is 37.0 Å². The lowest BCUT2D eigenvalue weighted by atomic mass is 10.2. The van der Waals surface area contributed by atoms with Crippen LogP contribution in [-0.4, -0.2) is 31.9 Å². The number of rotatable bonds is 4. The molecule has 6 heteroatoms. The van der Waals surface area contributed by atoms with Crippen molar-refractivity contribution in [1.29, 1.82) is 0 Å². The van der Waals surface area contributed by atoms with Gasteiger partial charge in [0.25, 0.3) is 0 Å². The van der Waals surface area contributed by atoms with Crippen molar-refractivity contribution in [2.45, 2.75) is 39.6 Å². The monoisotopic (exact) mass is 300 g/mol. The maximum Gasteiger partial charge on any atom is 0.220 e. The SMILES string of the molecule is CC(=O)N1CCn2c(COCc3ccncc3)cnc2C1C. The van der Waals surface area contributed by atoms with E-state index in [0.29, 0.717) is 13.2 Å². The summed E-state index contributed by atoms with van der Waals surface area (Å²) >= 11 is 0. The predicted octanol–water partition coefficient (Wildman–Crippen LogP) is 1.92. The molecule has 0 N–H and O–H groups in total. The summed E-state index contributed by atoms with van der Waals surface area (Å²) in [5, 5.41) is 0. The van der Waals surface area contributed by atoms with E-state index in [-0.39, 0.29) is 11.9 Å². The maximum absolute atomic E-state index is 11.6. The van der Waals surface area contributed by atoms with Gasteiger partial charge in [-0.05, 0) is 24.6 Å². The van der Waals surface area contributed by atoms with Crippen LogP contribution < -0.4 is 0 Å². The van der Waals surface area contributed by atoms with Gasteiger partial charge in [0.2, 0.25) is 5.91 Å². The van der Waals surface area contributed by atoms with Gasteiger partial charge in [-0.1, -0.05) is 0 Å². The minimum absolute atomic E-state index is 0.0141. The van der Waals surface area contributed by atoms with Gasteiger partial charge in [0.15, 0.2) is 0 Å². The fraction of sp³-hybridized carbons (Fsp3) is 0.438. The van der Waals surface area contributed by atoms with Gasteiger partial charge in [0.1, 0.15) is 5.82 Å². The van der Waals surface area contributed by atoms with Gasteiger partial charge in [-0.2, -0.15) is 0 Å². The van der Waals surface area contributed by atoms with Gasteiger partial charge in [0, 0.05) is 32.4 Å². The first-order chi connectivity index (χ1) is 10.7. The molecule has 0 radical (unpaired) electrons. The Morgan fingerprint density at radius 3 is 2.82 bits per heavy atom. The molecule has 0 aromatic carbocycles. The smallest absolute Gasteiger partial charge is 0.220 e. The first-order valence-corrected chi connectivity index (χ1v) is 7.45. The van der Waals surface area contributed by atoms with E-state index in [1.807, 2.05) is 30.2 Å². The van der Waals surface area contributed by atoms with Crippen LogP contribution in [0.3, 0.4) is 0 Å². The van der Waals surface area contributed by atoms with Crippen LogP contribution >= 0.6 is 0 Å². The van der Waals surface area contributed by atoms with Gasteiger partial charge in [-0.15, -0.1) is 0 Å². The molecule has 0 saturated carbocycles. The lowest BCUT2D eigenvalue weighted by Crippen LogP contribution is -2.40. The number of nitrogens with zero attached hydrogens (tertiary/aromatic N) is 4. The molecule has 0 aliphatic carbocycles. The molecule has 0 bridgehead atoms. The molecule has 3 rings (SSSR count). The van der Waals surface area contributed by atoms with E-state index in [1.165, 1.54) is 0 Å². The summed E-state index contributed by atoms with van der Waals surface area (Å²) in [7, 11) is 0. The summed E-state index contributed by atoms with van der Waals surface area (Å²) in [5.74, 6) is 1.03. The lowest BCUT2D eigenvalue weighted by Gasteiger charge is -2.33. The van der Waals surface area contributed by atoms with Crippen LogP contribution in [0.15, 0.2) is 30.7 Å². The van der Waals surface area contributed by atoms with Crippen molar-refractivity contribution in [3.05, 3.63) is 47.8 Å². The third-order valence-corrected chi connectivity index (χ3v) is 4.05. The Bertz CT molecular complexity index is 653. The molecule has 0 saturated heterocycles. The predicted molar refractivity (Wildman–Crippen MR) is 80.8 cm³/mol. The first-order valence-electron chi connectivity index (χ1n) is 7.45. The summed E-state index contributed by atoms with van der Waals surface area (Å²) in [5.41, 5.74) is 2.16. The van der Waals surface area contributed by atoms with Crippen LogP contribution in [0.2, 0.25) is 0 Å². The largest absolute Gasteiger partial charge is 0.370 e. The summed E-state index contributed by atoms with van der Waals surface area (Å²) in [6, 6.07) is 3.90. The highest BCUT2D eigenvalue weighted by Crippen LogP contribution is 2.25. The third kappa shape index (κ3) is 2.87. The minimum atomic E-state index is 0.0141. The number of hydrogen-bond acceptors (Lipinski definition) is 4. The molecule has 1 aliphatic heterocycles. The normalized spacial score (nSPS) is 17.4. The zero-order valence-electron chi connectivity index (χ0n) is 12.9. The van der Waals surface area contributed by atoms with E-state index >= 15 is 0 Å². The Kier molecular flexibility index (Phi) is 4.20. The topological polar surface area (TPSA) is 60.2 Å². The number of pyridine rings is 1. The van der Waals surface area contributed by atoms with Crippen LogP contribution in [0.4, 0.5) is 0 Å². The molecule has 0 spiro atoms. The van der Waals surface area contributed by atoms with E-state index < -0.39 is 0 Å². The van der Waals surface area contributed by atoms with Crippen molar-refractivity contribution in [3.63, 3.8) is 0 Å². The Morgan fingerprint density at radius 2 is 2.09 bits per heavy atom. The van der Waals surface area contributed by atoms with Crippen molar-refractivity contribution < 1.29 is 9.53 Å². The van der Waals surface area contributed by atoms with Crippen LogP contribution in [0.25, 0.3) is 0 Å². The number of imidazole rings is 1. The molecule has 2 aromatic heterocycles. The second kappa shape index (κ2) is 6.27. The van der Waals surface area contributed by atoms with E-state index in [0.717, 1.165) is 30.2 Å². The van der Waals surface area contributed by atoms with E-state index in [1.54, 1.807) is 19.3 Å². The Balaban J connectivity index is 1.65. The number of amides is 1. The summed E-state index contributed by atoms with van der Waals surface area (Å²) < 4.78 is 7.93. The zero-order valence-corrected chi connectivity index (χ0v) is 12.9. The van der Waals surface area contributed by atoms with Crippen LogP contribution in [0, 0.1) is 0 Å². The first kappa shape index (κ1) is 14.7. The maximum atomic E-state index is 11.6. The Morgan fingerprint density at radius 1 is 1.32 bits per heavy atom. The third-order valence-electron chi connectivity index (χ3n) is 4.05. The van der Waals surface area contributed by atoms with Crippen LogP contribution in [-0.2, 0) is 29.3 Å². The molecule has 1 atom stereocenters. The molecule has 22 heavy (non-hydrogen) atoms. The highest BCUT2D eigenvalue weighted by Gasteiger charge is 2.28. The molecule has 3 heterocycles. The van der Waals surface area contributed by atoms with Crippen molar-refractivity contribution in [2.24, 2.45) is 0 Å². The molecule has 1 unspecified atom stereocenters. The molecule has 1 amide bonds. The quantitative estimate of drug-likeness (QED) is 0.865. The number of hydrogen-bond donors (Lipinski definition) is 0. The molecule has 1 aliphatic rings. The Labute approximate surface area is 129 Å². The van der Waals surface area contributed by atoms with Crippen molar-refractivity contribution in [1.82, 2.24) is 19.4 Å². The molecule has 6 nitrogen and oxygen atoms in total. The second-order valence-electron chi connectivity index (χ2n) is 5.50. The van der Waals surface area contributed by atoms with Gasteiger partial charge >= 0.3 is 0 Å². The van der Waals surface area contributed by atoms with Crippen molar-refractivity contribution in [2.75, 3.05) is 6.54 Å². The van der Waals surface area contributed by atoms with Gasteiger partial charge in [0.05, 0.1) is 31.1 Å². The number of carbonyl (C=O) groups excluding carboxylic acids is 1. The standard InChI is InChI=1S/C16H20N4O2/c1-12-16-18-9-15(20(16)8-7-19(12)13(2)21)11-22-10-14-3-5-17-6-4-14/h3-6,9,12H,7-8,10-11H2,1-2H3. The highest BCUT2D eigenvalue weighted by molar-refractivity contribution is 5.73. The average molecular weight is 300 g/mol. The van der Waals surface area contributed by atoms with Gasteiger partial charge in [-0.25, -0.2) is 4.98 Å². The number of aromatic nitrogens is 3. The van der Waals surface area contributed by atoms with Gasteiger partial charge < -0.3 is 14.2 Å².